The van der Waals surface area contributed by atoms with Crippen molar-refractivity contribution < 1.29 is 78.1 Å². The minimum atomic E-state index is 0. The first-order chi connectivity index (χ1) is 24.0. The first-order valence-corrected chi connectivity index (χ1v) is 20.4. The summed E-state index contributed by atoms with van der Waals surface area (Å²) in [6.07, 6.45) is 30.7. The summed E-state index contributed by atoms with van der Waals surface area (Å²) in [6, 6.07) is 14.3. The van der Waals surface area contributed by atoms with Crippen LogP contribution >= 0.6 is 0 Å². The van der Waals surface area contributed by atoms with Gasteiger partial charge in [0.2, 0.25) is 0 Å². The molecule has 0 saturated heterocycles. The molecule has 0 aliphatic heterocycles. The molecule has 1 radical (unpaired) electrons. The Morgan fingerprint density at radius 2 is 0.660 bits per heavy atom. The minimum absolute atomic E-state index is 0. The number of benzene rings is 2. The van der Waals surface area contributed by atoms with Crippen LogP contribution in [0.3, 0.4) is 0 Å². The van der Waals surface area contributed by atoms with Gasteiger partial charge in [0.15, 0.2) is 0 Å². The molecule has 2 aromatic carbocycles. The predicted octanol–water partition coefficient (Wildman–Crippen LogP) is 4.71. The summed E-state index contributed by atoms with van der Waals surface area (Å²) in [6.45, 7) is 6.79. The van der Waals surface area contributed by atoms with Crippen molar-refractivity contribution in [2.45, 2.75) is 173 Å². The van der Waals surface area contributed by atoms with Gasteiger partial charge in [0.05, 0.1) is 35.2 Å². The monoisotopic (exact) mass is 902 g/mol. The fourth-order valence-corrected chi connectivity index (χ4v) is 9.98. The van der Waals surface area contributed by atoms with Gasteiger partial charge in [-0.2, -0.15) is 0 Å². The van der Waals surface area contributed by atoms with Gasteiger partial charge in [-0.05, 0) is 136 Å². The van der Waals surface area contributed by atoms with Crippen LogP contribution in [0.5, 0.6) is 0 Å². The molecule has 0 bridgehead atoms. The van der Waals surface area contributed by atoms with Crippen LogP contribution in [0.4, 0.5) is 11.4 Å². The normalized spacial score (nSPS) is 19.3. The van der Waals surface area contributed by atoms with Gasteiger partial charge in [0.1, 0.15) is 0 Å². The molecule has 7 heteroatoms. The number of hydrogen-bond acceptors (Lipinski definition) is 3. The van der Waals surface area contributed by atoms with E-state index in [1.54, 1.807) is 0 Å². The van der Waals surface area contributed by atoms with Crippen LogP contribution in [0, 0.1) is 61.6 Å². The van der Waals surface area contributed by atoms with E-state index in [4.69, 9.17) is 15.0 Å². The molecule has 1 heterocycles. The van der Waals surface area contributed by atoms with E-state index in [2.05, 4.69) is 69.6 Å². The molecule has 0 unspecified atom stereocenters. The number of hydrogen-bond donors (Lipinski definition) is 0. The summed E-state index contributed by atoms with van der Waals surface area (Å²) in [4.78, 5) is 16.0. The van der Waals surface area contributed by atoms with E-state index in [0.717, 1.165) is 11.4 Å². The van der Waals surface area contributed by atoms with Crippen molar-refractivity contribution in [1.29, 1.82) is 0 Å². The molecule has 4 fully saturated rings. The van der Waals surface area contributed by atoms with Gasteiger partial charge in [-0.1, -0.05) is 112 Å². The molecule has 0 N–H and O–H groups in total. The van der Waals surface area contributed by atoms with E-state index in [0.29, 0.717) is 23.7 Å². The second-order valence-electron chi connectivity index (χ2n) is 16.4. The molecule has 0 amide bonds. The van der Waals surface area contributed by atoms with E-state index in [9.17, 15) is 0 Å². The Bertz CT molecular complexity index is 1450. The second kappa shape index (κ2) is 22.8. The summed E-state index contributed by atoms with van der Waals surface area (Å²) in [5.41, 5.74) is 14.4. The Kier molecular flexibility index (Phi) is 20.0. The second-order valence-corrected chi connectivity index (χ2v) is 16.4. The molecule has 285 valence electrons. The SMILES string of the molecule is Cc1cc(C=Nc2c(C3CCCCC3)cc(C)cc2C2CCCCC2)nc(C=Nc2c(C3CCCCC3)cc(C)cc2C2CCCCC2)c1.[Cl-].[Cl-].[Cl-].[Nd+3]. The van der Waals surface area contributed by atoms with Crippen molar-refractivity contribution in [2.75, 3.05) is 0 Å². The standard InChI is InChI=1S/C46H61N3.3ClH.Nd/c1-32-24-39(30-47-45-41(35-16-8-4-9-17-35)26-33(2)27-42(45)36-18-10-5-11-19-36)49-40(25-32)31-48-46-43(37-20-12-6-13-21-37)28-34(3)29-44(46)38-22-14-7-15-23-38;;;;/h24-31,35-38H,4-23H2,1-3H3;3*1H;/q;;;;+3/p-3. The van der Waals surface area contributed by atoms with E-state index in [-0.39, 0.29) is 78.1 Å². The van der Waals surface area contributed by atoms with Crippen LogP contribution in [-0.2, 0) is 0 Å². The van der Waals surface area contributed by atoms with Crippen molar-refractivity contribution in [2.24, 2.45) is 9.98 Å². The van der Waals surface area contributed by atoms with Gasteiger partial charge in [-0.3, -0.25) is 9.98 Å². The Labute approximate surface area is 373 Å². The van der Waals surface area contributed by atoms with Gasteiger partial charge in [-0.15, -0.1) is 0 Å². The first kappa shape index (κ1) is 46.5. The molecular formula is C46H61Cl3N3Nd. The number of nitrogens with zero attached hydrogens (tertiary/aromatic N) is 3. The maximum Gasteiger partial charge on any atom is 3.00 e. The number of halogens is 3. The molecule has 3 nitrogen and oxygen atoms in total. The zero-order valence-corrected chi connectivity index (χ0v) is 38.0. The maximum atomic E-state index is 5.40. The number of aryl methyl sites for hydroxylation is 3. The molecule has 7 rings (SSSR count). The molecular weight excluding hydrogens is 845 g/mol. The summed E-state index contributed by atoms with van der Waals surface area (Å²) >= 11 is 0. The average Bonchev–Trinajstić information content (AvgIpc) is 3.14. The smallest absolute Gasteiger partial charge is 1.00 e. The molecule has 4 saturated carbocycles. The topological polar surface area (TPSA) is 37.6 Å². The third-order valence-corrected chi connectivity index (χ3v) is 12.5. The predicted molar refractivity (Wildman–Crippen MR) is 209 cm³/mol. The van der Waals surface area contributed by atoms with Crippen LogP contribution in [0.2, 0.25) is 0 Å². The van der Waals surface area contributed by atoms with Crippen LogP contribution in [-0.4, -0.2) is 17.4 Å². The van der Waals surface area contributed by atoms with Gasteiger partial charge >= 0.3 is 40.8 Å². The number of pyridine rings is 1. The third kappa shape index (κ3) is 12.1. The van der Waals surface area contributed by atoms with Crippen molar-refractivity contribution >= 4 is 23.8 Å². The van der Waals surface area contributed by atoms with Crippen molar-refractivity contribution in [3.63, 3.8) is 0 Å². The Balaban J connectivity index is 0.00000189. The summed E-state index contributed by atoms with van der Waals surface area (Å²) in [5.74, 6) is 2.51. The van der Waals surface area contributed by atoms with Crippen molar-refractivity contribution in [3.05, 3.63) is 86.7 Å². The van der Waals surface area contributed by atoms with Crippen LogP contribution in [0.25, 0.3) is 0 Å². The quantitative estimate of drug-likeness (QED) is 0.303. The van der Waals surface area contributed by atoms with Gasteiger partial charge in [0, 0.05) is 0 Å². The van der Waals surface area contributed by atoms with E-state index in [1.807, 2.05) is 0 Å². The molecule has 53 heavy (non-hydrogen) atoms. The summed E-state index contributed by atoms with van der Waals surface area (Å²) < 4.78 is 0. The maximum absolute atomic E-state index is 5.40. The Morgan fingerprint density at radius 3 is 0.925 bits per heavy atom. The molecule has 3 aromatic rings. The van der Waals surface area contributed by atoms with E-state index < -0.39 is 0 Å². The Morgan fingerprint density at radius 1 is 0.415 bits per heavy atom. The van der Waals surface area contributed by atoms with Crippen LogP contribution in [0.1, 0.15) is 202 Å². The zero-order valence-electron chi connectivity index (χ0n) is 32.5. The van der Waals surface area contributed by atoms with Gasteiger partial charge < -0.3 is 37.2 Å². The largest absolute Gasteiger partial charge is 3.00 e. The zero-order chi connectivity index (χ0) is 33.6. The van der Waals surface area contributed by atoms with Gasteiger partial charge in [0.25, 0.3) is 0 Å². The molecule has 0 atom stereocenters. The Hall–Kier alpha value is -0.849. The van der Waals surface area contributed by atoms with E-state index in [1.165, 1.54) is 179 Å². The average molecular weight is 907 g/mol. The number of aliphatic imine (C=N–C) groups is 2. The number of rotatable bonds is 8. The minimum Gasteiger partial charge on any atom is -1.00 e. The van der Waals surface area contributed by atoms with E-state index >= 15 is 0 Å². The fraction of sp³-hybridized carbons (Fsp3) is 0.587. The van der Waals surface area contributed by atoms with Crippen molar-refractivity contribution in [1.82, 2.24) is 4.98 Å². The summed E-state index contributed by atoms with van der Waals surface area (Å²) in [5, 5.41) is 0. The van der Waals surface area contributed by atoms with Crippen molar-refractivity contribution in [3.8, 4) is 0 Å². The van der Waals surface area contributed by atoms with Crippen LogP contribution in [0.15, 0.2) is 46.4 Å². The van der Waals surface area contributed by atoms with Crippen LogP contribution < -0.4 is 37.2 Å². The first-order valence-electron chi connectivity index (χ1n) is 20.4. The summed E-state index contributed by atoms with van der Waals surface area (Å²) in [7, 11) is 0. The molecule has 4 aliphatic carbocycles. The third-order valence-electron chi connectivity index (χ3n) is 12.5. The molecule has 0 spiro atoms. The molecule has 4 aliphatic rings. The fourth-order valence-electron chi connectivity index (χ4n) is 9.98. The molecule has 1 aromatic heterocycles. The van der Waals surface area contributed by atoms with Gasteiger partial charge in [-0.25, -0.2) is 4.98 Å². The number of aromatic nitrogens is 1.